The van der Waals surface area contributed by atoms with E-state index in [9.17, 15) is 4.79 Å². The van der Waals surface area contributed by atoms with Crippen molar-refractivity contribution in [2.45, 2.75) is 6.54 Å². The summed E-state index contributed by atoms with van der Waals surface area (Å²) in [6.45, 7) is 4.43. The molecule has 4 aromatic carbocycles. The van der Waals surface area contributed by atoms with Crippen molar-refractivity contribution in [2.75, 3.05) is 38.2 Å². The van der Waals surface area contributed by atoms with Crippen LogP contribution in [0.1, 0.15) is 15.9 Å². The Kier molecular flexibility index (Phi) is 8.21. The second kappa shape index (κ2) is 12.5. The molecule has 1 aliphatic heterocycles. The molecule has 0 spiro atoms. The van der Waals surface area contributed by atoms with E-state index in [4.69, 9.17) is 21.1 Å². The summed E-state index contributed by atoms with van der Waals surface area (Å²) in [5.74, 6) is 0.662. The predicted molar refractivity (Wildman–Crippen MR) is 166 cm³/mol. The third kappa shape index (κ3) is 6.17. The summed E-state index contributed by atoms with van der Waals surface area (Å²) in [6, 6.07) is 29.9. The van der Waals surface area contributed by atoms with Crippen LogP contribution in [-0.2, 0) is 11.3 Å². The number of benzene rings is 4. The van der Waals surface area contributed by atoms with E-state index in [1.807, 2.05) is 59.3 Å². The van der Waals surface area contributed by atoms with Crippen molar-refractivity contribution in [3.63, 3.8) is 0 Å². The van der Waals surface area contributed by atoms with Crippen molar-refractivity contribution in [1.82, 2.24) is 14.5 Å². The van der Waals surface area contributed by atoms with Crippen LogP contribution in [0.4, 0.5) is 5.69 Å². The molecular weight excluding hydrogens is 548 g/mol. The minimum Gasteiger partial charge on any atom is -0.465 e. The van der Waals surface area contributed by atoms with Crippen molar-refractivity contribution in [2.24, 2.45) is 0 Å². The van der Waals surface area contributed by atoms with Gasteiger partial charge in [-0.25, -0.2) is 9.78 Å². The molecule has 0 N–H and O–H groups in total. The standard InChI is InChI=1S/C34H31ClN4O3/c1-41-34(40)32-15-12-29(22-33(32)42-30-13-10-28(11-14-30)39-17-16-36-24-39)38-20-18-37(19-21-38)23-26-4-2-3-5-31(26)25-6-8-27(35)9-7-25/h2-17,22,24H,18-21,23H2,1H3. The maximum absolute atomic E-state index is 12.5. The van der Waals surface area contributed by atoms with Crippen LogP contribution in [0.5, 0.6) is 11.5 Å². The second-order valence-electron chi connectivity index (χ2n) is 10.2. The minimum absolute atomic E-state index is 0.386. The number of ether oxygens (including phenoxy) is 2. The summed E-state index contributed by atoms with van der Waals surface area (Å²) in [7, 11) is 1.38. The van der Waals surface area contributed by atoms with Crippen LogP contribution in [0.2, 0.25) is 5.02 Å². The molecule has 0 radical (unpaired) electrons. The van der Waals surface area contributed by atoms with E-state index in [0.717, 1.165) is 49.1 Å². The average Bonchev–Trinajstić information content (AvgIpc) is 3.58. The van der Waals surface area contributed by atoms with E-state index in [0.29, 0.717) is 17.1 Å². The highest BCUT2D eigenvalue weighted by Crippen LogP contribution is 2.32. The zero-order chi connectivity index (χ0) is 28.9. The Labute approximate surface area is 250 Å². The van der Waals surface area contributed by atoms with Crippen LogP contribution in [0, 0.1) is 0 Å². The number of halogens is 1. The predicted octanol–water partition coefficient (Wildman–Crippen LogP) is 7.09. The second-order valence-corrected chi connectivity index (χ2v) is 10.6. The zero-order valence-corrected chi connectivity index (χ0v) is 24.1. The van der Waals surface area contributed by atoms with E-state index in [2.05, 4.69) is 51.2 Å². The van der Waals surface area contributed by atoms with Gasteiger partial charge in [0.2, 0.25) is 0 Å². The molecule has 1 aliphatic rings. The number of rotatable bonds is 8. The Morgan fingerprint density at radius 3 is 2.33 bits per heavy atom. The highest BCUT2D eigenvalue weighted by molar-refractivity contribution is 6.30. The van der Waals surface area contributed by atoms with Gasteiger partial charge in [-0.05, 0) is 65.2 Å². The molecule has 0 aliphatic carbocycles. The fraction of sp³-hybridized carbons (Fsp3) is 0.176. The number of imidazole rings is 1. The molecule has 5 aromatic rings. The minimum atomic E-state index is -0.434. The van der Waals surface area contributed by atoms with Gasteiger partial charge in [0.1, 0.15) is 17.1 Å². The lowest BCUT2D eigenvalue weighted by Crippen LogP contribution is -2.46. The van der Waals surface area contributed by atoms with Crippen molar-refractivity contribution in [3.05, 3.63) is 126 Å². The number of carbonyl (C=O) groups is 1. The third-order valence-corrected chi connectivity index (χ3v) is 7.79. The largest absolute Gasteiger partial charge is 0.465 e. The van der Waals surface area contributed by atoms with Gasteiger partial charge in [0, 0.05) is 67.6 Å². The molecule has 8 heteroatoms. The van der Waals surface area contributed by atoms with E-state index in [1.54, 1.807) is 18.6 Å². The van der Waals surface area contributed by atoms with E-state index < -0.39 is 5.97 Å². The number of anilines is 1. The number of aromatic nitrogens is 2. The number of nitrogens with zero attached hydrogens (tertiary/aromatic N) is 4. The maximum atomic E-state index is 12.5. The molecule has 1 fully saturated rings. The van der Waals surface area contributed by atoms with Crippen molar-refractivity contribution in [1.29, 1.82) is 0 Å². The van der Waals surface area contributed by atoms with Gasteiger partial charge in [0.05, 0.1) is 13.4 Å². The third-order valence-electron chi connectivity index (χ3n) is 7.54. The molecule has 7 nitrogen and oxygen atoms in total. The fourth-order valence-corrected chi connectivity index (χ4v) is 5.40. The lowest BCUT2D eigenvalue weighted by Gasteiger charge is -2.36. The highest BCUT2D eigenvalue weighted by atomic mass is 35.5. The molecule has 6 rings (SSSR count). The average molecular weight is 579 g/mol. The number of esters is 1. The van der Waals surface area contributed by atoms with Crippen molar-refractivity contribution < 1.29 is 14.3 Å². The fourth-order valence-electron chi connectivity index (χ4n) is 5.27. The van der Waals surface area contributed by atoms with E-state index in [1.165, 1.54) is 23.8 Å². The Bertz CT molecular complexity index is 1650. The normalized spacial score (nSPS) is 13.6. The molecule has 1 aromatic heterocycles. The van der Waals surface area contributed by atoms with Gasteiger partial charge in [-0.3, -0.25) is 4.90 Å². The molecule has 0 unspecified atom stereocenters. The summed E-state index contributed by atoms with van der Waals surface area (Å²) in [6.07, 6.45) is 5.36. The van der Waals surface area contributed by atoms with Crippen molar-refractivity contribution >= 4 is 23.3 Å². The van der Waals surface area contributed by atoms with Crippen LogP contribution in [-0.4, -0.2) is 53.7 Å². The molecule has 1 saturated heterocycles. The van der Waals surface area contributed by atoms with Crippen LogP contribution in [0.25, 0.3) is 16.8 Å². The Morgan fingerprint density at radius 1 is 0.881 bits per heavy atom. The number of piperazine rings is 1. The van der Waals surface area contributed by atoms with Crippen molar-refractivity contribution in [3.8, 4) is 28.3 Å². The van der Waals surface area contributed by atoms with Gasteiger partial charge in [-0.15, -0.1) is 0 Å². The first-order valence-electron chi connectivity index (χ1n) is 13.9. The van der Waals surface area contributed by atoms with Crippen LogP contribution < -0.4 is 9.64 Å². The molecule has 2 heterocycles. The molecule has 42 heavy (non-hydrogen) atoms. The van der Waals surface area contributed by atoms with Gasteiger partial charge < -0.3 is 18.9 Å². The molecule has 212 valence electrons. The first-order valence-corrected chi connectivity index (χ1v) is 14.2. The lowest BCUT2D eigenvalue weighted by molar-refractivity contribution is 0.0598. The quantitative estimate of drug-likeness (QED) is 0.183. The monoisotopic (exact) mass is 578 g/mol. The lowest BCUT2D eigenvalue weighted by atomic mass is 9.99. The number of carbonyl (C=O) groups excluding carboxylic acids is 1. The van der Waals surface area contributed by atoms with E-state index >= 15 is 0 Å². The first kappa shape index (κ1) is 27.6. The molecule has 0 saturated carbocycles. The van der Waals surface area contributed by atoms with Gasteiger partial charge in [-0.1, -0.05) is 48.0 Å². The Hall–Kier alpha value is -4.59. The van der Waals surface area contributed by atoms with Gasteiger partial charge in [0.25, 0.3) is 0 Å². The Morgan fingerprint density at radius 2 is 1.62 bits per heavy atom. The smallest absolute Gasteiger partial charge is 0.341 e. The highest BCUT2D eigenvalue weighted by Gasteiger charge is 2.21. The molecular formula is C34H31ClN4O3. The molecule has 0 atom stereocenters. The maximum Gasteiger partial charge on any atom is 0.341 e. The summed E-state index contributed by atoms with van der Waals surface area (Å²) in [5, 5.41) is 0.740. The van der Waals surface area contributed by atoms with Gasteiger partial charge >= 0.3 is 5.97 Å². The molecule has 0 amide bonds. The summed E-state index contributed by atoms with van der Waals surface area (Å²) in [5.41, 5.74) is 6.06. The summed E-state index contributed by atoms with van der Waals surface area (Å²) < 4.78 is 13.2. The SMILES string of the molecule is COC(=O)c1ccc(N2CCN(Cc3ccccc3-c3ccc(Cl)cc3)CC2)cc1Oc1ccc(-n2ccnc2)cc1. The summed E-state index contributed by atoms with van der Waals surface area (Å²) >= 11 is 6.12. The van der Waals surface area contributed by atoms with Crippen LogP contribution >= 0.6 is 11.6 Å². The number of methoxy groups -OCH3 is 1. The Balaban J connectivity index is 1.15. The van der Waals surface area contributed by atoms with Crippen LogP contribution in [0.15, 0.2) is 110 Å². The number of hydrogen-bond donors (Lipinski definition) is 0. The van der Waals surface area contributed by atoms with Crippen LogP contribution in [0.3, 0.4) is 0 Å². The van der Waals surface area contributed by atoms with E-state index in [-0.39, 0.29) is 0 Å². The zero-order valence-electron chi connectivity index (χ0n) is 23.3. The van der Waals surface area contributed by atoms with Gasteiger partial charge in [-0.2, -0.15) is 0 Å². The topological polar surface area (TPSA) is 59.8 Å². The van der Waals surface area contributed by atoms with Gasteiger partial charge in [0.15, 0.2) is 0 Å². The summed E-state index contributed by atoms with van der Waals surface area (Å²) in [4.78, 5) is 21.5. The molecule has 0 bridgehead atoms. The number of hydrogen-bond acceptors (Lipinski definition) is 6. The first-order chi connectivity index (χ1) is 20.6.